The molecule has 5 amide bonds. The van der Waals surface area contributed by atoms with Gasteiger partial charge in [0.05, 0.1) is 25.3 Å². The lowest BCUT2D eigenvalue weighted by Gasteiger charge is -2.36. The van der Waals surface area contributed by atoms with Gasteiger partial charge < -0.3 is 44.3 Å². The van der Waals surface area contributed by atoms with Crippen molar-refractivity contribution in [2.45, 2.75) is 76.9 Å². The molecule has 2 atom stereocenters. The van der Waals surface area contributed by atoms with Crippen molar-refractivity contribution in [1.82, 2.24) is 35.2 Å². The first-order chi connectivity index (χ1) is 27.6. The summed E-state index contributed by atoms with van der Waals surface area (Å²) in [6.45, 7) is 8.40. The van der Waals surface area contributed by atoms with Crippen LogP contribution < -0.4 is 15.4 Å². The zero-order valence-electron chi connectivity index (χ0n) is 33.0. The fourth-order valence-corrected chi connectivity index (χ4v) is 7.43. The first-order valence-electron chi connectivity index (χ1n) is 20.2. The first kappa shape index (κ1) is 41.6. The van der Waals surface area contributed by atoms with E-state index in [4.69, 9.17) is 18.9 Å². The highest BCUT2D eigenvalue weighted by atomic mass is 16.6. The van der Waals surface area contributed by atoms with Gasteiger partial charge in [-0.25, -0.2) is 9.78 Å². The Bertz CT molecular complexity index is 1770. The molecule has 17 nitrogen and oxygen atoms in total. The highest BCUT2D eigenvalue weighted by Gasteiger charge is 2.36. The SMILES string of the molecule is CCOC(=O)N1CCN(C(=O)[C@H](CCC(=O)OCCN2CCOCC2)NC(=O)c2cc(OCC(=O)N3CCC[C@H]3C(=O)NC3CCC3)c3ccc(C)cc3n2)CC1. The number of likely N-dealkylation sites (tertiary alicyclic amines) is 1. The van der Waals surface area contributed by atoms with E-state index in [2.05, 4.69) is 20.5 Å². The Labute approximate surface area is 332 Å². The topological polar surface area (TPSA) is 189 Å². The van der Waals surface area contributed by atoms with Gasteiger partial charge in [-0.15, -0.1) is 0 Å². The Kier molecular flexibility index (Phi) is 14.5. The van der Waals surface area contributed by atoms with Gasteiger partial charge in [0.15, 0.2) is 6.61 Å². The number of amides is 5. The molecule has 1 aromatic heterocycles. The van der Waals surface area contributed by atoms with Gasteiger partial charge in [0.1, 0.15) is 30.1 Å². The summed E-state index contributed by atoms with van der Waals surface area (Å²) >= 11 is 0. The predicted octanol–water partition coefficient (Wildman–Crippen LogP) is 1.64. The van der Waals surface area contributed by atoms with Gasteiger partial charge in [0.25, 0.3) is 11.8 Å². The van der Waals surface area contributed by atoms with Crippen LogP contribution in [0.3, 0.4) is 0 Å². The molecule has 2 N–H and O–H groups in total. The molecule has 3 aliphatic heterocycles. The number of nitrogens with zero attached hydrogens (tertiary/aromatic N) is 5. The molecule has 0 bridgehead atoms. The van der Waals surface area contributed by atoms with Crippen LogP contribution >= 0.6 is 0 Å². The number of hydrogen-bond acceptors (Lipinski definition) is 12. The average molecular weight is 794 g/mol. The van der Waals surface area contributed by atoms with Crippen LogP contribution in [-0.4, -0.2) is 164 Å². The molecule has 1 saturated carbocycles. The summed E-state index contributed by atoms with van der Waals surface area (Å²) in [5, 5.41) is 6.44. The number of pyridine rings is 1. The Morgan fingerprint density at radius 2 is 1.67 bits per heavy atom. The molecule has 0 unspecified atom stereocenters. The Morgan fingerprint density at radius 1 is 0.912 bits per heavy atom. The molecule has 17 heteroatoms. The van der Waals surface area contributed by atoms with Crippen LogP contribution in [0.4, 0.5) is 4.79 Å². The summed E-state index contributed by atoms with van der Waals surface area (Å²) in [5.41, 5.74) is 1.28. The van der Waals surface area contributed by atoms with E-state index >= 15 is 0 Å². The number of ether oxygens (including phenoxy) is 4. The third kappa shape index (κ3) is 11.1. The maximum absolute atomic E-state index is 14.0. The van der Waals surface area contributed by atoms with Crippen LogP contribution in [0, 0.1) is 6.92 Å². The fourth-order valence-electron chi connectivity index (χ4n) is 7.43. The van der Waals surface area contributed by atoms with Crippen molar-refractivity contribution in [3.8, 4) is 5.75 Å². The smallest absolute Gasteiger partial charge is 0.409 e. The predicted molar refractivity (Wildman–Crippen MR) is 206 cm³/mol. The summed E-state index contributed by atoms with van der Waals surface area (Å²) in [6.07, 6.45) is 3.66. The summed E-state index contributed by atoms with van der Waals surface area (Å²) in [7, 11) is 0. The second kappa shape index (κ2) is 19.9. The molecule has 4 heterocycles. The zero-order valence-corrected chi connectivity index (χ0v) is 33.0. The van der Waals surface area contributed by atoms with E-state index in [9.17, 15) is 28.8 Å². The number of aromatic nitrogens is 1. The minimum Gasteiger partial charge on any atom is -0.483 e. The van der Waals surface area contributed by atoms with Crippen LogP contribution in [0.2, 0.25) is 0 Å². The number of morpholine rings is 1. The average Bonchev–Trinajstić information content (AvgIpc) is 3.70. The van der Waals surface area contributed by atoms with Gasteiger partial charge in [-0.05, 0) is 70.1 Å². The number of carbonyl (C=O) groups is 6. The van der Waals surface area contributed by atoms with Crippen molar-refractivity contribution in [2.24, 2.45) is 0 Å². The van der Waals surface area contributed by atoms with Crippen molar-refractivity contribution >= 4 is 46.6 Å². The maximum Gasteiger partial charge on any atom is 0.409 e. The van der Waals surface area contributed by atoms with E-state index in [0.29, 0.717) is 50.0 Å². The summed E-state index contributed by atoms with van der Waals surface area (Å²) < 4.78 is 22.0. The molecule has 4 fully saturated rings. The lowest BCUT2D eigenvalue weighted by molar-refractivity contribution is -0.145. The van der Waals surface area contributed by atoms with Gasteiger partial charge in [0, 0.05) is 76.3 Å². The highest BCUT2D eigenvalue weighted by Crippen LogP contribution is 2.28. The third-order valence-corrected chi connectivity index (χ3v) is 11.0. The Morgan fingerprint density at radius 3 is 2.39 bits per heavy atom. The number of nitrogens with one attached hydrogen (secondary N) is 2. The number of esters is 1. The van der Waals surface area contributed by atoms with Gasteiger partial charge in [0.2, 0.25) is 11.8 Å². The molecule has 4 aliphatic rings. The Hall–Kier alpha value is -5.03. The van der Waals surface area contributed by atoms with Crippen LogP contribution in [0.25, 0.3) is 10.9 Å². The van der Waals surface area contributed by atoms with Crippen LogP contribution in [-0.2, 0) is 33.4 Å². The molecule has 0 spiro atoms. The molecule has 1 aliphatic carbocycles. The number of hydrogen-bond donors (Lipinski definition) is 2. The minimum absolute atomic E-state index is 0.0328. The number of aryl methyl sites for hydroxylation is 1. The first-order valence-corrected chi connectivity index (χ1v) is 20.2. The van der Waals surface area contributed by atoms with Crippen molar-refractivity contribution < 1.29 is 47.7 Å². The largest absolute Gasteiger partial charge is 0.483 e. The second-order valence-electron chi connectivity index (χ2n) is 14.9. The third-order valence-electron chi connectivity index (χ3n) is 11.0. The lowest BCUT2D eigenvalue weighted by Crippen LogP contribution is -2.56. The van der Waals surface area contributed by atoms with Gasteiger partial charge in [-0.1, -0.05) is 6.07 Å². The monoisotopic (exact) mass is 793 g/mol. The van der Waals surface area contributed by atoms with E-state index < -0.39 is 36.0 Å². The normalized spacial score (nSPS) is 19.4. The van der Waals surface area contributed by atoms with Crippen molar-refractivity contribution in [2.75, 3.05) is 85.4 Å². The molecule has 3 saturated heterocycles. The molecule has 0 radical (unpaired) electrons. The van der Waals surface area contributed by atoms with Crippen molar-refractivity contribution in [3.05, 3.63) is 35.5 Å². The Balaban J connectivity index is 1.14. The molecule has 1 aromatic carbocycles. The molecule has 57 heavy (non-hydrogen) atoms. The fraction of sp³-hybridized carbons (Fsp3) is 0.625. The highest BCUT2D eigenvalue weighted by molar-refractivity contribution is 5.99. The number of benzene rings is 1. The summed E-state index contributed by atoms with van der Waals surface area (Å²) in [6, 6.07) is 5.40. The standard InChI is InChI=1S/C40H55N7O10/c1-3-55-40(53)46-16-14-45(15-17-46)39(52)30(11-12-36(49)56-23-20-44-18-21-54-22-19-44)43-37(50)32-25-34(29-10-9-27(2)24-31(29)42-32)57-26-35(48)47-13-5-8-33(47)38(51)41-28-6-4-7-28/h9-10,24-25,28,30,33H,3-8,11-23,26H2,1-2H3,(H,41,51)(H,43,50)/t30-,33-/m0/s1. The van der Waals surface area contributed by atoms with Crippen molar-refractivity contribution in [3.63, 3.8) is 0 Å². The number of rotatable bonds is 15. The molecule has 6 rings (SSSR count). The number of carbonyl (C=O) groups excluding carboxylic acids is 6. The number of piperazine rings is 1. The van der Waals surface area contributed by atoms with E-state index in [1.165, 1.54) is 11.0 Å². The van der Waals surface area contributed by atoms with E-state index in [1.54, 1.807) is 28.9 Å². The second-order valence-corrected chi connectivity index (χ2v) is 14.9. The van der Waals surface area contributed by atoms with E-state index in [-0.39, 0.29) is 88.1 Å². The molecular formula is C40H55N7O10. The lowest BCUT2D eigenvalue weighted by atomic mass is 9.93. The van der Waals surface area contributed by atoms with Crippen LogP contribution in [0.15, 0.2) is 24.3 Å². The van der Waals surface area contributed by atoms with Crippen LogP contribution in [0.5, 0.6) is 5.75 Å². The summed E-state index contributed by atoms with van der Waals surface area (Å²) in [4.78, 5) is 90.9. The molecular weight excluding hydrogens is 738 g/mol. The van der Waals surface area contributed by atoms with Gasteiger partial charge >= 0.3 is 12.1 Å². The van der Waals surface area contributed by atoms with Gasteiger partial charge in [-0.2, -0.15) is 0 Å². The molecule has 2 aromatic rings. The van der Waals surface area contributed by atoms with Gasteiger partial charge in [-0.3, -0.25) is 28.9 Å². The van der Waals surface area contributed by atoms with E-state index in [1.807, 2.05) is 13.0 Å². The quantitative estimate of drug-likeness (QED) is 0.249. The van der Waals surface area contributed by atoms with E-state index in [0.717, 1.165) is 37.9 Å². The minimum atomic E-state index is -1.11. The maximum atomic E-state index is 14.0. The van der Waals surface area contributed by atoms with Crippen molar-refractivity contribution in [1.29, 1.82) is 0 Å². The molecule has 310 valence electrons. The zero-order chi connectivity index (χ0) is 40.3. The number of fused-ring (bicyclic) bond motifs is 1. The summed E-state index contributed by atoms with van der Waals surface area (Å²) in [5.74, 6) is -1.81. The van der Waals surface area contributed by atoms with Crippen LogP contribution in [0.1, 0.15) is 67.9 Å².